The number of aromatic nitrogens is 1. The van der Waals surface area contributed by atoms with Crippen molar-refractivity contribution in [2.24, 2.45) is 0 Å². The lowest BCUT2D eigenvalue weighted by molar-refractivity contribution is -0.130. The maximum absolute atomic E-state index is 12.1. The average Bonchev–Trinajstić information content (AvgIpc) is 3.14. The molecule has 25 heavy (non-hydrogen) atoms. The largest absolute Gasteiger partial charge is 0.323 e. The predicted molar refractivity (Wildman–Crippen MR) is 104 cm³/mol. The molecule has 0 unspecified atom stereocenters. The van der Waals surface area contributed by atoms with Crippen LogP contribution in [0, 0.1) is 6.92 Å². The third-order valence-corrected chi connectivity index (χ3v) is 5.80. The normalized spacial score (nSPS) is 14.2. The third-order valence-electron chi connectivity index (χ3n) is 3.97. The lowest BCUT2D eigenvalue weighted by atomic mass is 10.1. The first-order valence-corrected chi connectivity index (χ1v) is 10.3. The van der Waals surface area contributed by atoms with Crippen LogP contribution in [0.25, 0.3) is 11.3 Å². The molecule has 2 aromatic rings. The van der Waals surface area contributed by atoms with Crippen LogP contribution in [0.2, 0.25) is 0 Å². The van der Waals surface area contributed by atoms with E-state index in [1.54, 1.807) is 4.90 Å². The van der Waals surface area contributed by atoms with Crippen molar-refractivity contribution in [2.45, 2.75) is 26.7 Å². The van der Waals surface area contributed by atoms with Crippen molar-refractivity contribution in [3.63, 3.8) is 0 Å². The second-order valence-corrected chi connectivity index (χ2v) is 8.15. The SMILES string of the molecule is CCCc1ccc(-c2nc(NC(=O)CN3CSCC3=O)sc2C)cc1. The van der Waals surface area contributed by atoms with Crippen molar-refractivity contribution in [1.82, 2.24) is 9.88 Å². The molecule has 132 valence electrons. The van der Waals surface area contributed by atoms with Gasteiger partial charge in [-0.1, -0.05) is 37.6 Å². The Hall–Kier alpha value is -1.86. The Morgan fingerprint density at radius 3 is 2.72 bits per heavy atom. The minimum Gasteiger partial charge on any atom is -0.323 e. The van der Waals surface area contributed by atoms with Crippen molar-refractivity contribution in [3.8, 4) is 11.3 Å². The molecule has 2 amide bonds. The molecular weight excluding hydrogens is 354 g/mol. The van der Waals surface area contributed by atoms with E-state index >= 15 is 0 Å². The van der Waals surface area contributed by atoms with E-state index in [-0.39, 0.29) is 18.4 Å². The third kappa shape index (κ3) is 4.41. The van der Waals surface area contributed by atoms with Crippen LogP contribution >= 0.6 is 23.1 Å². The van der Waals surface area contributed by atoms with Crippen LogP contribution in [0.3, 0.4) is 0 Å². The maximum Gasteiger partial charge on any atom is 0.245 e. The minimum atomic E-state index is -0.200. The number of anilines is 1. The lowest BCUT2D eigenvalue weighted by Gasteiger charge is -2.13. The Labute approximate surface area is 155 Å². The maximum atomic E-state index is 12.1. The van der Waals surface area contributed by atoms with E-state index in [0.717, 1.165) is 29.0 Å². The fraction of sp³-hybridized carbons (Fsp3) is 0.389. The Bertz CT molecular complexity index is 771. The molecule has 2 heterocycles. The first kappa shape index (κ1) is 17.9. The predicted octanol–water partition coefficient (Wildman–Crippen LogP) is 3.54. The standard InChI is InChI=1S/C18H21N3O2S2/c1-3-4-13-5-7-14(8-6-13)17-12(2)25-18(20-17)19-15(22)9-21-11-24-10-16(21)23/h5-8H,3-4,9-11H2,1-2H3,(H,19,20,22). The van der Waals surface area contributed by atoms with E-state index in [4.69, 9.17) is 0 Å². The van der Waals surface area contributed by atoms with Crippen molar-refractivity contribution < 1.29 is 9.59 Å². The quantitative estimate of drug-likeness (QED) is 0.839. The van der Waals surface area contributed by atoms with Crippen molar-refractivity contribution in [3.05, 3.63) is 34.7 Å². The molecule has 0 aliphatic carbocycles. The molecular formula is C18H21N3O2S2. The summed E-state index contributed by atoms with van der Waals surface area (Å²) in [4.78, 5) is 30.9. The topological polar surface area (TPSA) is 62.3 Å². The number of benzene rings is 1. The van der Waals surface area contributed by atoms with E-state index in [1.165, 1.54) is 28.7 Å². The molecule has 1 aromatic carbocycles. The highest BCUT2D eigenvalue weighted by Gasteiger charge is 2.23. The Morgan fingerprint density at radius 1 is 1.32 bits per heavy atom. The summed E-state index contributed by atoms with van der Waals surface area (Å²) in [7, 11) is 0. The van der Waals surface area contributed by atoms with Crippen LogP contribution in [-0.4, -0.2) is 39.9 Å². The monoisotopic (exact) mass is 375 g/mol. The van der Waals surface area contributed by atoms with E-state index in [2.05, 4.69) is 41.5 Å². The second kappa shape index (κ2) is 8.01. The van der Waals surface area contributed by atoms with Gasteiger partial charge in [-0.05, 0) is 18.9 Å². The van der Waals surface area contributed by atoms with Crippen LogP contribution in [0.5, 0.6) is 0 Å². The molecule has 1 saturated heterocycles. The molecule has 1 aromatic heterocycles. The molecule has 0 spiro atoms. The first-order valence-electron chi connectivity index (χ1n) is 8.29. The number of rotatable bonds is 6. The van der Waals surface area contributed by atoms with E-state index in [1.807, 2.05) is 6.92 Å². The highest BCUT2D eigenvalue weighted by molar-refractivity contribution is 8.00. The number of aryl methyl sites for hydroxylation is 2. The van der Waals surface area contributed by atoms with Gasteiger partial charge in [0, 0.05) is 10.4 Å². The van der Waals surface area contributed by atoms with Gasteiger partial charge in [0.05, 0.1) is 17.3 Å². The molecule has 1 N–H and O–H groups in total. The van der Waals surface area contributed by atoms with Crippen LogP contribution in [0.4, 0.5) is 5.13 Å². The smallest absolute Gasteiger partial charge is 0.245 e. The Morgan fingerprint density at radius 2 is 2.08 bits per heavy atom. The number of amides is 2. The first-order chi connectivity index (χ1) is 12.1. The molecule has 5 nitrogen and oxygen atoms in total. The Balaban J connectivity index is 1.67. The van der Waals surface area contributed by atoms with Gasteiger partial charge in [-0.2, -0.15) is 0 Å². The van der Waals surface area contributed by atoms with Crippen LogP contribution in [-0.2, 0) is 16.0 Å². The number of thioether (sulfide) groups is 1. The number of hydrogen-bond donors (Lipinski definition) is 1. The molecule has 0 bridgehead atoms. The summed E-state index contributed by atoms with van der Waals surface area (Å²) in [6, 6.07) is 8.43. The highest BCUT2D eigenvalue weighted by atomic mass is 32.2. The number of thiazole rings is 1. The van der Waals surface area contributed by atoms with E-state index in [0.29, 0.717) is 16.8 Å². The molecule has 1 fully saturated rings. The number of nitrogens with one attached hydrogen (secondary N) is 1. The molecule has 0 atom stereocenters. The van der Waals surface area contributed by atoms with Gasteiger partial charge in [-0.25, -0.2) is 4.98 Å². The summed E-state index contributed by atoms with van der Waals surface area (Å²) >= 11 is 2.99. The molecule has 3 rings (SSSR count). The molecule has 1 aliphatic heterocycles. The van der Waals surface area contributed by atoms with Gasteiger partial charge in [-0.15, -0.1) is 23.1 Å². The lowest BCUT2D eigenvalue weighted by Crippen LogP contribution is -2.34. The van der Waals surface area contributed by atoms with Crippen molar-refractivity contribution in [1.29, 1.82) is 0 Å². The summed E-state index contributed by atoms with van der Waals surface area (Å²) in [5.41, 5.74) is 3.28. The van der Waals surface area contributed by atoms with Gasteiger partial charge in [0.2, 0.25) is 11.8 Å². The summed E-state index contributed by atoms with van der Waals surface area (Å²) < 4.78 is 0. The van der Waals surface area contributed by atoms with Crippen LogP contribution in [0.15, 0.2) is 24.3 Å². The number of hydrogen-bond acceptors (Lipinski definition) is 5. The van der Waals surface area contributed by atoms with Gasteiger partial charge in [0.1, 0.15) is 6.54 Å². The molecule has 0 radical (unpaired) electrons. The summed E-state index contributed by atoms with van der Waals surface area (Å²) in [6.07, 6.45) is 2.20. The highest BCUT2D eigenvalue weighted by Crippen LogP contribution is 2.30. The van der Waals surface area contributed by atoms with Gasteiger partial charge in [0.15, 0.2) is 5.13 Å². The Kier molecular flexibility index (Phi) is 5.75. The van der Waals surface area contributed by atoms with E-state index < -0.39 is 0 Å². The average molecular weight is 376 g/mol. The molecule has 7 heteroatoms. The zero-order chi connectivity index (χ0) is 17.8. The summed E-state index contributed by atoms with van der Waals surface area (Å²) in [6.45, 7) is 4.26. The minimum absolute atomic E-state index is 0.0170. The van der Waals surface area contributed by atoms with Crippen molar-refractivity contribution in [2.75, 3.05) is 23.5 Å². The van der Waals surface area contributed by atoms with Gasteiger partial charge in [-0.3, -0.25) is 9.59 Å². The fourth-order valence-corrected chi connectivity index (χ4v) is 4.46. The number of carbonyl (C=O) groups is 2. The zero-order valence-electron chi connectivity index (χ0n) is 14.4. The van der Waals surface area contributed by atoms with E-state index in [9.17, 15) is 9.59 Å². The van der Waals surface area contributed by atoms with Crippen LogP contribution in [0.1, 0.15) is 23.8 Å². The number of nitrogens with zero attached hydrogens (tertiary/aromatic N) is 2. The fourth-order valence-electron chi connectivity index (χ4n) is 2.71. The van der Waals surface area contributed by atoms with Crippen LogP contribution < -0.4 is 5.32 Å². The van der Waals surface area contributed by atoms with Crippen molar-refractivity contribution >= 4 is 40.0 Å². The molecule has 1 aliphatic rings. The van der Waals surface area contributed by atoms with Gasteiger partial charge in [0.25, 0.3) is 0 Å². The summed E-state index contributed by atoms with van der Waals surface area (Å²) in [5.74, 6) is 0.859. The number of carbonyl (C=O) groups excluding carboxylic acids is 2. The second-order valence-electron chi connectivity index (χ2n) is 5.99. The zero-order valence-corrected chi connectivity index (χ0v) is 16.0. The van der Waals surface area contributed by atoms with Gasteiger partial charge >= 0.3 is 0 Å². The van der Waals surface area contributed by atoms with Gasteiger partial charge < -0.3 is 10.2 Å². The molecule has 0 saturated carbocycles. The summed E-state index contributed by atoms with van der Waals surface area (Å²) in [5, 5.41) is 3.40.